The lowest BCUT2D eigenvalue weighted by molar-refractivity contribution is -0.127. The standard InChI is InChI=1S/C19H28FN3O3/c1-13(2)17(21)18(25)22-11-16(24)23-12-19(7-9-26-10-8-19)14-3-5-15(20)6-4-14/h3-6,13,17H,7-12,21H2,1-2H3,(H,22,25)(H,23,24)/t17-/m0/s1. The molecular formula is C19H28FN3O3. The first kappa shape index (κ1) is 20.3. The second-order valence-corrected chi connectivity index (χ2v) is 7.16. The SMILES string of the molecule is CC(C)[C@H](N)C(=O)NCC(=O)NCC1(c2ccc(F)cc2)CCOCC1. The fraction of sp³-hybridized carbons (Fsp3) is 0.579. The smallest absolute Gasteiger partial charge is 0.239 e. The van der Waals surface area contributed by atoms with Gasteiger partial charge < -0.3 is 21.1 Å². The fourth-order valence-corrected chi connectivity index (χ4v) is 3.05. The molecule has 144 valence electrons. The zero-order valence-corrected chi connectivity index (χ0v) is 15.4. The van der Waals surface area contributed by atoms with Crippen LogP contribution in [0.5, 0.6) is 0 Å². The molecule has 0 unspecified atom stereocenters. The van der Waals surface area contributed by atoms with Crippen LogP contribution in [0.4, 0.5) is 4.39 Å². The highest BCUT2D eigenvalue weighted by Crippen LogP contribution is 2.34. The van der Waals surface area contributed by atoms with E-state index in [-0.39, 0.29) is 35.5 Å². The summed E-state index contributed by atoms with van der Waals surface area (Å²) in [4.78, 5) is 24.0. The molecule has 0 aliphatic carbocycles. The number of halogens is 1. The molecule has 1 aliphatic heterocycles. The number of amides is 2. The van der Waals surface area contributed by atoms with Gasteiger partial charge in [-0.2, -0.15) is 0 Å². The summed E-state index contributed by atoms with van der Waals surface area (Å²) in [5.41, 5.74) is 6.45. The van der Waals surface area contributed by atoms with Gasteiger partial charge in [0.15, 0.2) is 0 Å². The van der Waals surface area contributed by atoms with Gasteiger partial charge >= 0.3 is 0 Å². The Kier molecular flexibility index (Phi) is 7.11. The Bertz CT molecular complexity index is 613. The molecule has 1 aliphatic rings. The van der Waals surface area contributed by atoms with Crippen molar-refractivity contribution in [3.05, 3.63) is 35.6 Å². The molecule has 0 spiro atoms. The largest absolute Gasteiger partial charge is 0.381 e. The molecule has 2 amide bonds. The molecule has 2 rings (SSSR count). The summed E-state index contributed by atoms with van der Waals surface area (Å²) in [6.07, 6.45) is 1.48. The van der Waals surface area contributed by atoms with Gasteiger partial charge in [-0.1, -0.05) is 26.0 Å². The van der Waals surface area contributed by atoms with Crippen molar-refractivity contribution in [2.75, 3.05) is 26.3 Å². The number of rotatable bonds is 7. The van der Waals surface area contributed by atoms with Crippen LogP contribution in [-0.4, -0.2) is 44.2 Å². The van der Waals surface area contributed by atoms with Crippen LogP contribution in [-0.2, 0) is 19.7 Å². The molecule has 1 atom stereocenters. The average molecular weight is 365 g/mol. The van der Waals surface area contributed by atoms with Gasteiger partial charge in [0.2, 0.25) is 11.8 Å². The second-order valence-electron chi connectivity index (χ2n) is 7.16. The predicted octanol–water partition coefficient (Wildman–Crippen LogP) is 1.09. The normalized spacial score (nSPS) is 17.6. The Hall–Kier alpha value is -1.99. The molecular weight excluding hydrogens is 337 g/mol. The van der Waals surface area contributed by atoms with Crippen molar-refractivity contribution >= 4 is 11.8 Å². The van der Waals surface area contributed by atoms with Gasteiger partial charge in [0.05, 0.1) is 12.6 Å². The molecule has 1 saturated heterocycles. The van der Waals surface area contributed by atoms with Crippen molar-refractivity contribution in [2.24, 2.45) is 11.7 Å². The fourth-order valence-electron chi connectivity index (χ4n) is 3.05. The second kappa shape index (κ2) is 9.09. The first-order chi connectivity index (χ1) is 12.3. The van der Waals surface area contributed by atoms with E-state index in [1.165, 1.54) is 12.1 Å². The zero-order valence-electron chi connectivity index (χ0n) is 15.4. The maximum absolute atomic E-state index is 13.2. The van der Waals surface area contributed by atoms with E-state index in [9.17, 15) is 14.0 Å². The highest BCUT2D eigenvalue weighted by atomic mass is 19.1. The maximum atomic E-state index is 13.2. The Morgan fingerprint density at radius 2 is 1.81 bits per heavy atom. The molecule has 1 fully saturated rings. The Morgan fingerprint density at radius 3 is 2.38 bits per heavy atom. The summed E-state index contributed by atoms with van der Waals surface area (Å²) in [5, 5.41) is 5.45. The van der Waals surface area contributed by atoms with Crippen molar-refractivity contribution in [1.82, 2.24) is 10.6 Å². The quantitative estimate of drug-likeness (QED) is 0.674. The summed E-state index contributed by atoms with van der Waals surface area (Å²) in [5.74, 6) is -0.900. The predicted molar refractivity (Wildman–Crippen MR) is 97.0 cm³/mol. The van der Waals surface area contributed by atoms with Gasteiger partial charge in [0.25, 0.3) is 0 Å². The van der Waals surface area contributed by atoms with E-state index in [1.54, 1.807) is 12.1 Å². The third-order valence-electron chi connectivity index (χ3n) is 4.97. The van der Waals surface area contributed by atoms with Crippen molar-refractivity contribution < 1.29 is 18.7 Å². The van der Waals surface area contributed by atoms with E-state index >= 15 is 0 Å². The van der Waals surface area contributed by atoms with Crippen LogP contribution in [0.15, 0.2) is 24.3 Å². The van der Waals surface area contributed by atoms with E-state index in [4.69, 9.17) is 10.5 Å². The summed E-state index contributed by atoms with van der Waals surface area (Å²) in [7, 11) is 0. The summed E-state index contributed by atoms with van der Waals surface area (Å²) >= 11 is 0. The minimum Gasteiger partial charge on any atom is -0.381 e. The number of carbonyl (C=O) groups is 2. The Labute approximate surface area is 153 Å². The van der Waals surface area contributed by atoms with E-state index in [0.717, 1.165) is 18.4 Å². The maximum Gasteiger partial charge on any atom is 0.239 e. The zero-order chi connectivity index (χ0) is 19.2. The van der Waals surface area contributed by atoms with E-state index < -0.39 is 6.04 Å². The molecule has 6 nitrogen and oxygen atoms in total. The molecule has 1 aromatic rings. The van der Waals surface area contributed by atoms with Crippen molar-refractivity contribution in [3.63, 3.8) is 0 Å². The monoisotopic (exact) mass is 365 g/mol. The van der Waals surface area contributed by atoms with Crippen molar-refractivity contribution in [3.8, 4) is 0 Å². The minimum absolute atomic E-state index is 0.00189. The van der Waals surface area contributed by atoms with Crippen LogP contribution >= 0.6 is 0 Å². The molecule has 26 heavy (non-hydrogen) atoms. The number of carbonyl (C=O) groups excluding carboxylic acids is 2. The van der Waals surface area contributed by atoms with Crippen LogP contribution < -0.4 is 16.4 Å². The lowest BCUT2D eigenvalue weighted by Gasteiger charge is -2.38. The molecule has 0 radical (unpaired) electrons. The van der Waals surface area contributed by atoms with Crippen LogP contribution in [0.25, 0.3) is 0 Å². The summed E-state index contributed by atoms with van der Waals surface area (Å²) in [6, 6.07) is 5.75. The van der Waals surface area contributed by atoms with Gasteiger partial charge in [-0.25, -0.2) is 4.39 Å². The van der Waals surface area contributed by atoms with E-state index in [1.807, 2.05) is 13.8 Å². The Morgan fingerprint density at radius 1 is 1.19 bits per heavy atom. The van der Waals surface area contributed by atoms with Crippen LogP contribution in [0.3, 0.4) is 0 Å². The lowest BCUT2D eigenvalue weighted by Crippen LogP contribution is -2.49. The third-order valence-corrected chi connectivity index (χ3v) is 4.97. The van der Waals surface area contributed by atoms with Crippen LogP contribution in [0.1, 0.15) is 32.3 Å². The van der Waals surface area contributed by atoms with E-state index in [2.05, 4.69) is 10.6 Å². The van der Waals surface area contributed by atoms with Crippen molar-refractivity contribution in [2.45, 2.75) is 38.1 Å². The van der Waals surface area contributed by atoms with Gasteiger partial charge in [0, 0.05) is 25.2 Å². The molecule has 0 saturated carbocycles. The minimum atomic E-state index is -0.635. The number of hydrogen-bond acceptors (Lipinski definition) is 4. The molecule has 1 heterocycles. The van der Waals surface area contributed by atoms with Gasteiger partial charge in [-0.3, -0.25) is 9.59 Å². The van der Waals surface area contributed by atoms with Crippen LogP contribution in [0.2, 0.25) is 0 Å². The summed E-state index contributed by atoms with van der Waals surface area (Å²) < 4.78 is 18.7. The highest BCUT2D eigenvalue weighted by Gasteiger charge is 2.34. The number of nitrogens with one attached hydrogen (secondary N) is 2. The number of ether oxygens (including phenoxy) is 1. The van der Waals surface area contributed by atoms with Crippen LogP contribution in [0, 0.1) is 11.7 Å². The van der Waals surface area contributed by atoms with Gasteiger partial charge in [-0.15, -0.1) is 0 Å². The highest BCUT2D eigenvalue weighted by molar-refractivity contribution is 5.87. The number of benzene rings is 1. The number of hydrogen-bond donors (Lipinski definition) is 3. The van der Waals surface area contributed by atoms with E-state index in [0.29, 0.717) is 19.8 Å². The average Bonchev–Trinajstić information content (AvgIpc) is 2.65. The summed E-state index contributed by atoms with van der Waals surface area (Å²) in [6.45, 7) is 5.17. The molecule has 1 aromatic carbocycles. The molecule has 7 heteroatoms. The van der Waals surface area contributed by atoms with Gasteiger partial charge in [0.1, 0.15) is 5.82 Å². The molecule has 4 N–H and O–H groups in total. The third kappa shape index (κ3) is 5.25. The first-order valence-electron chi connectivity index (χ1n) is 8.98. The molecule has 0 aromatic heterocycles. The Balaban J connectivity index is 1.94. The van der Waals surface area contributed by atoms with Crippen molar-refractivity contribution in [1.29, 1.82) is 0 Å². The number of nitrogens with two attached hydrogens (primary N) is 1. The lowest BCUT2D eigenvalue weighted by atomic mass is 9.74. The topological polar surface area (TPSA) is 93.5 Å². The first-order valence-corrected chi connectivity index (χ1v) is 8.98. The molecule has 0 bridgehead atoms. The van der Waals surface area contributed by atoms with Gasteiger partial charge in [-0.05, 0) is 36.5 Å².